The third kappa shape index (κ3) is 6.01. The van der Waals surface area contributed by atoms with Gasteiger partial charge in [-0.2, -0.15) is 0 Å². The molecule has 0 bridgehead atoms. The van der Waals surface area contributed by atoms with Crippen LogP contribution in [0.3, 0.4) is 0 Å². The zero-order valence-corrected chi connectivity index (χ0v) is 19.2. The van der Waals surface area contributed by atoms with E-state index >= 15 is 0 Å². The van der Waals surface area contributed by atoms with Crippen LogP contribution < -0.4 is 9.47 Å². The fourth-order valence-electron chi connectivity index (χ4n) is 3.33. The summed E-state index contributed by atoms with van der Waals surface area (Å²) in [5.74, 6) is 0.337. The number of hydrogen-bond acceptors (Lipinski definition) is 6. The zero-order valence-electron chi connectivity index (χ0n) is 18.4. The molecule has 0 aromatic heterocycles. The highest BCUT2D eigenvalue weighted by atomic mass is 35.5. The van der Waals surface area contributed by atoms with E-state index in [1.54, 1.807) is 25.3 Å². The molecular weight excluding hydrogens is 420 g/mol. The molecule has 2 aromatic carbocycles. The van der Waals surface area contributed by atoms with Crippen molar-refractivity contribution >= 4 is 29.1 Å². The molecule has 166 valence electrons. The predicted octanol–water partition coefficient (Wildman–Crippen LogP) is 5.23. The van der Waals surface area contributed by atoms with Crippen molar-refractivity contribution in [3.8, 4) is 11.5 Å². The summed E-state index contributed by atoms with van der Waals surface area (Å²) in [5, 5.41) is 0.551. The van der Waals surface area contributed by atoms with E-state index in [0.717, 1.165) is 22.3 Å². The molecule has 0 radical (unpaired) electrons. The molecule has 0 fully saturated rings. The summed E-state index contributed by atoms with van der Waals surface area (Å²) in [6.07, 6.45) is 3.53. The second-order valence-electron chi connectivity index (χ2n) is 6.80. The Morgan fingerprint density at radius 3 is 2.32 bits per heavy atom. The molecule has 6 nitrogen and oxygen atoms in total. The summed E-state index contributed by atoms with van der Waals surface area (Å²) in [7, 11) is 5.79. The lowest BCUT2D eigenvalue weighted by atomic mass is 9.92. The molecule has 0 atom stereocenters. The van der Waals surface area contributed by atoms with Crippen molar-refractivity contribution in [2.45, 2.75) is 26.2 Å². The molecule has 0 aliphatic carbocycles. The van der Waals surface area contributed by atoms with E-state index in [4.69, 9.17) is 30.5 Å². The number of methoxy groups -OCH3 is 4. The number of halogens is 1. The van der Waals surface area contributed by atoms with Crippen LogP contribution in [0.15, 0.2) is 36.4 Å². The smallest absolute Gasteiger partial charge is 0.341 e. The lowest BCUT2D eigenvalue weighted by molar-refractivity contribution is -0.140. The number of benzene rings is 2. The fraction of sp³-hybridized carbons (Fsp3) is 0.333. The molecule has 0 saturated carbocycles. The Kier molecular flexibility index (Phi) is 8.94. The Morgan fingerprint density at radius 1 is 0.968 bits per heavy atom. The summed E-state index contributed by atoms with van der Waals surface area (Å²) in [6, 6.07) is 9.00. The van der Waals surface area contributed by atoms with Gasteiger partial charge in [-0.15, -0.1) is 0 Å². The van der Waals surface area contributed by atoms with Crippen molar-refractivity contribution in [3.05, 3.63) is 63.7 Å². The number of carbonyl (C=O) groups excluding carboxylic acids is 2. The molecule has 0 heterocycles. The molecule has 0 aliphatic rings. The average Bonchev–Trinajstić information content (AvgIpc) is 2.77. The molecule has 0 amide bonds. The number of ether oxygens (including phenoxy) is 4. The number of carbonyl (C=O) groups is 2. The monoisotopic (exact) mass is 446 g/mol. The van der Waals surface area contributed by atoms with E-state index < -0.39 is 5.97 Å². The van der Waals surface area contributed by atoms with E-state index in [2.05, 4.69) is 0 Å². The van der Waals surface area contributed by atoms with Crippen molar-refractivity contribution in [2.24, 2.45) is 0 Å². The first-order valence-electron chi connectivity index (χ1n) is 9.74. The maximum absolute atomic E-state index is 12.4. The maximum Gasteiger partial charge on any atom is 0.341 e. The molecule has 0 N–H and O–H groups in total. The second kappa shape index (κ2) is 11.4. The predicted molar refractivity (Wildman–Crippen MR) is 120 cm³/mol. The van der Waals surface area contributed by atoms with Crippen molar-refractivity contribution in [3.63, 3.8) is 0 Å². The van der Waals surface area contributed by atoms with Gasteiger partial charge in [-0.25, -0.2) is 4.79 Å². The normalized spacial score (nSPS) is 11.1. The summed E-state index contributed by atoms with van der Waals surface area (Å²) < 4.78 is 20.6. The Morgan fingerprint density at radius 2 is 1.71 bits per heavy atom. The van der Waals surface area contributed by atoms with Gasteiger partial charge in [0.1, 0.15) is 17.1 Å². The molecule has 31 heavy (non-hydrogen) atoms. The lowest BCUT2D eigenvalue weighted by Crippen LogP contribution is -2.07. The van der Waals surface area contributed by atoms with Crippen molar-refractivity contribution in [1.82, 2.24) is 0 Å². The van der Waals surface area contributed by atoms with Gasteiger partial charge in [0, 0.05) is 17.0 Å². The highest BCUT2D eigenvalue weighted by Crippen LogP contribution is 2.37. The number of unbranched alkanes of at least 4 members (excludes halogenated alkanes) is 1. The minimum Gasteiger partial charge on any atom is -0.496 e. The highest BCUT2D eigenvalue weighted by molar-refractivity contribution is 6.30. The highest BCUT2D eigenvalue weighted by Gasteiger charge is 2.20. The lowest BCUT2D eigenvalue weighted by Gasteiger charge is -2.17. The first-order valence-corrected chi connectivity index (χ1v) is 10.1. The van der Waals surface area contributed by atoms with Crippen LogP contribution in [-0.2, 0) is 14.3 Å². The number of hydrogen-bond donors (Lipinski definition) is 0. The van der Waals surface area contributed by atoms with E-state index in [-0.39, 0.29) is 5.97 Å². The van der Waals surface area contributed by atoms with Crippen LogP contribution >= 0.6 is 11.6 Å². The molecule has 0 spiro atoms. The summed E-state index contributed by atoms with van der Waals surface area (Å²) in [5.41, 5.74) is 3.47. The maximum atomic E-state index is 12.4. The van der Waals surface area contributed by atoms with Gasteiger partial charge in [0.15, 0.2) is 0 Å². The summed E-state index contributed by atoms with van der Waals surface area (Å²) >= 11 is 6.27. The van der Waals surface area contributed by atoms with E-state index in [1.165, 1.54) is 21.3 Å². The van der Waals surface area contributed by atoms with E-state index in [9.17, 15) is 9.59 Å². The van der Waals surface area contributed by atoms with Crippen LogP contribution in [0.2, 0.25) is 5.02 Å². The van der Waals surface area contributed by atoms with Gasteiger partial charge >= 0.3 is 11.9 Å². The van der Waals surface area contributed by atoms with Gasteiger partial charge in [-0.1, -0.05) is 17.7 Å². The van der Waals surface area contributed by atoms with E-state index in [1.807, 2.05) is 25.1 Å². The standard InChI is InChI=1S/C24H27ClO6/c1-15-12-16(13-20(23(15)30-4)24(27)31-5)18(8-6-7-9-22(26)29-3)19-14-17(25)10-11-21(19)28-2/h8,10-14H,6-7,9H2,1-5H3/b18-8+. The first-order chi connectivity index (χ1) is 14.9. The van der Waals surface area contributed by atoms with Crippen LogP contribution in [-0.4, -0.2) is 40.4 Å². The number of esters is 2. The van der Waals surface area contributed by atoms with Crippen LogP contribution in [0.5, 0.6) is 11.5 Å². The molecule has 0 saturated heterocycles. The minimum absolute atomic E-state index is 0.261. The van der Waals surface area contributed by atoms with Gasteiger partial charge < -0.3 is 18.9 Å². The largest absolute Gasteiger partial charge is 0.496 e. The third-order valence-corrected chi connectivity index (χ3v) is 5.04. The average molecular weight is 447 g/mol. The quantitative estimate of drug-likeness (QED) is 0.388. The van der Waals surface area contributed by atoms with Crippen molar-refractivity contribution < 1.29 is 28.5 Å². The van der Waals surface area contributed by atoms with Crippen LogP contribution in [0.1, 0.15) is 46.3 Å². The van der Waals surface area contributed by atoms with Gasteiger partial charge in [-0.3, -0.25) is 4.79 Å². The van der Waals surface area contributed by atoms with Gasteiger partial charge in [0.2, 0.25) is 0 Å². The van der Waals surface area contributed by atoms with Crippen LogP contribution in [0.25, 0.3) is 5.57 Å². The van der Waals surface area contributed by atoms with E-state index in [0.29, 0.717) is 41.3 Å². The molecule has 0 aliphatic heterocycles. The summed E-state index contributed by atoms with van der Waals surface area (Å²) in [4.78, 5) is 23.8. The Bertz CT molecular complexity index is 980. The topological polar surface area (TPSA) is 71.1 Å². The Hall–Kier alpha value is -2.99. The second-order valence-corrected chi connectivity index (χ2v) is 7.23. The summed E-state index contributed by atoms with van der Waals surface area (Å²) in [6.45, 7) is 1.86. The van der Waals surface area contributed by atoms with Gasteiger partial charge in [-0.05, 0) is 66.8 Å². The fourth-order valence-corrected chi connectivity index (χ4v) is 3.50. The van der Waals surface area contributed by atoms with Gasteiger partial charge in [0.05, 0.1) is 28.4 Å². The van der Waals surface area contributed by atoms with Crippen molar-refractivity contribution in [1.29, 1.82) is 0 Å². The SMILES string of the molecule is COC(=O)CCC/C=C(\c1cc(C)c(OC)c(C(=O)OC)c1)c1cc(Cl)ccc1OC. The van der Waals surface area contributed by atoms with Crippen LogP contribution in [0, 0.1) is 6.92 Å². The third-order valence-electron chi connectivity index (χ3n) is 4.81. The molecular formula is C24H27ClO6. The first kappa shape index (κ1) is 24.3. The molecule has 0 unspecified atom stereocenters. The minimum atomic E-state index is -0.495. The number of rotatable bonds is 9. The Balaban J connectivity index is 2.63. The Labute approximate surface area is 187 Å². The van der Waals surface area contributed by atoms with Crippen molar-refractivity contribution in [2.75, 3.05) is 28.4 Å². The molecule has 7 heteroatoms. The number of allylic oxidation sites excluding steroid dienone is 1. The van der Waals surface area contributed by atoms with Gasteiger partial charge in [0.25, 0.3) is 0 Å². The zero-order chi connectivity index (χ0) is 23.0. The molecule has 2 aromatic rings. The number of aryl methyl sites for hydroxylation is 1. The van der Waals surface area contributed by atoms with Crippen LogP contribution in [0.4, 0.5) is 0 Å². The molecule has 2 rings (SSSR count).